The monoisotopic (exact) mass is 660 g/mol. The number of carbonyl (C=O) groups is 3. The first-order valence-corrected chi connectivity index (χ1v) is 17.7. The molecule has 1 N–H and O–H groups in total. The Kier molecular flexibility index (Phi) is 10.3. The van der Waals surface area contributed by atoms with E-state index in [9.17, 15) is 30.0 Å². The van der Waals surface area contributed by atoms with Gasteiger partial charge in [0.25, 0.3) is 0 Å². The van der Waals surface area contributed by atoms with Gasteiger partial charge in [-0.3, -0.25) is 14.4 Å². The number of ether oxygens (including phenoxy) is 3. The first-order chi connectivity index (χ1) is 22.8. The largest absolute Gasteiger partial charge is 0.469 e. The predicted octanol–water partition coefficient (Wildman–Crippen LogP) is 6.41. The number of hydrogen-bond acceptors (Lipinski definition) is 9. The van der Waals surface area contributed by atoms with Crippen LogP contribution in [0.1, 0.15) is 104 Å². The van der Waals surface area contributed by atoms with E-state index in [0.29, 0.717) is 38.5 Å². The highest BCUT2D eigenvalue weighted by molar-refractivity contribution is 5.69. The minimum absolute atomic E-state index is 0.0529. The molecule has 0 aliphatic heterocycles. The van der Waals surface area contributed by atoms with E-state index in [0.717, 1.165) is 30.4 Å². The van der Waals surface area contributed by atoms with E-state index in [1.165, 1.54) is 21.0 Å². The summed E-state index contributed by atoms with van der Waals surface area (Å²) in [6.45, 7) is 9.64. The van der Waals surface area contributed by atoms with E-state index in [2.05, 4.69) is 32.9 Å². The van der Waals surface area contributed by atoms with Gasteiger partial charge in [0.15, 0.2) is 0 Å². The molecule has 5 rings (SSSR count). The fourth-order valence-electron chi connectivity index (χ4n) is 11.4. The molecule has 4 saturated carbocycles. The second kappa shape index (κ2) is 13.8. The van der Waals surface area contributed by atoms with Gasteiger partial charge in [0.1, 0.15) is 18.1 Å². The number of nitriles is 2. The van der Waals surface area contributed by atoms with Crippen LogP contribution in [0, 0.1) is 74.9 Å². The Balaban J connectivity index is 1.56. The van der Waals surface area contributed by atoms with E-state index < -0.39 is 11.3 Å². The Hall–Kier alpha value is -3.43. The van der Waals surface area contributed by atoms with Gasteiger partial charge in [-0.15, -0.1) is 0 Å². The summed E-state index contributed by atoms with van der Waals surface area (Å²) in [6.07, 6.45) is 5.55. The molecule has 4 fully saturated rings. The molecule has 0 saturated heterocycles. The molecule has 48 heavy (non-hydrogen) atoms. The highest BCUT2D eigenvalue weighted by atomic mass is 16.5. The minimum atomic E-state index is -0.863. The van der Waals surface area contributed by atoms with Crippen LogP contribution in [-0.4, -0.2) is 42.3 Å². The van der Waals surface area contributed by atoms with Gasteiger partial charge in [-0.25, -0.2) is 0 Å². The third kappa shape index (κ3) is 6.02. The lowest BCUT2D eigenvalue weighted by molar-refractivity contribution is -0.223. The van der Waals surface area contributed by atoms with Crippen molar-refractivity contribution in [3.63, 3.8) is 0 Å². The summed E-state index contributed by atoms with van der Waals surface area (Å²) in [4.78, 5) is 37.5. The van der Waals surface area contributed by atoms with E-state index in [1.54, 1.807) is 0 Å². The van der Waals surface area contributed by atoms with Crippen molar-refractivity contribution in [2.45, 2.75) is 117 Å². The smallest absolute Gasteiger partial charge is 0.305 e. The summed E-state index contributed by atoms with van der Waals surface area (Å²) >= 11 is 0. The molecule has 4 aliphatic rings. The summed E-state index contributed by atoms with van der Waals surface area (Å²) in [5, 5.41) is 30.2. The van der Waals surface area contributed by atoms with Crippen LogP contribution in [-0.2, 0) is 40.6 Å². The maximum absolute atomic E-state index is 12.7. The number of carbonyl (C=O) groups excluding carboxylic acids is 3. The molecule has 0 aromatic heterocycles. The standard InChI is InChI=1S/C39H52N2O7/c1-23(7-14-35(45)46-6)30-12-13-31-36-32(18-34(38(30,31)5)48-25(3)44)37(4)15-16-39(29(20-40)21-41,27-10-8-26(22-42)9-11-27)19-28(37)17-33(36)47-24(2)43/h8-11,23,28-34,36,42H,7,12-19,22H2,1-6H3/t23-,28-,30-,31+,32+,33-,34+,36+,37+,38-,39+/m1/s1. The van der Waals surface area contributed by atoms with Crippen LogP contribution in [0.4, 0.5) is 0 Å². The van der Waals surface area contributed by atoms with E-state index in [4.69, 9.17) is 14.2 Å². The van der Waals surface area contributed by atoms with Crippen LogP contribution in [0.25, 0.3) is 0 Å². The molecule has 4 aliphatic carbocycles. The summed E-state index contributed by atoms with van der Waals surface area (Å²) in [6, 6.07) is 12.3. The number of benzene rings is 1. The average molecular weight is 661 g/mol. The van der Waals surface area contributed by atoms with Crippen LogP contribution >= 0.6 is 0 Å². The molecule has 1 aromatic rings. The van der Waals surface area contributed by atoms with Gasteiger partial charge in [-0.1, -0.05) is 45.0 Å². The lowest BCUT2D eigenvalue weighted by Crippen LogP contribution is -2.64. The highest BCUT2D eigenvalue weighted by Gasteiger charge is 2.68. The van der Waals surface area contributed by atoms with Crippen molar-refractivity contribution in [3.8, 4) is 12.1 Å². The van der Waals surface area contributed by atoms with E-state index in [-0.39, 0.29) is 83.1 Å². The number of rotatable bonds is 9. The van der Waals surface area contributed by atoms with Gasteiger partial charge >= 0.3 is 17.9 Å². The second-order valence-corrected chi connectivity index (χ2v) is 15.8. The summed E-state index contributed by atoms with van der Waals surface area (Å²) < 4.78 is 17.5. The van der Waals surface area contributed by atoms with Gasteiger partial charge in [0, 0.05) is 37.0 Å². The van der Waals surface area contributed by atoms with Gasteiger partial charge < -0.3 is 19.3 Å². The van der Waals surface area contributed by atoms with Crippen LogP contribution in [0.5, 0.6) is 0 Å². The molecule has 0 spiro atoms. The Morgan fingerprint density at radius 2 is 1.65 bits per heavy atom. The highest BCUT2D eigenvalue weighted by Crippen LogP contribution is 2.71. The fraction of sp³-hybridized carbons (Fsp3) is 0.718. The quantitative estimate of drug-likeness (QED) is 0.234. The maximum Gasteiger partial charge on any atom is 0.305 e. The Morgan fingerprint density at radius 3 is 2.23 bits per heavy atom. The molecule has 260 valence electrons. The van der Waals surface area contributed by atoms with Crippen LogP contribution in [0.3, 0.4) is 0 Å². The molecule has 9 nitrogen and oxygen atoms in total. The lowest BCUT2D eigenvalue weighted by atomic mass is 9.40. The van der Waals surface area contributed by atoms with Crippen molar-refractivity contribution < 1.29 is 33.7 Å². The lowest BCUT2D eigenvalue weighted by Gasteiger charge is -2.65. The zero-order chi connectivity index (χ0) is 35.0. The van der Waals surface area contributed by atoms with E-state index in [1.807, 2.05) is 24.3 Å². The second-order valence-electron chi connectivity index (χ2n) is 15.8. The molecule has 0 radical (unpaired) electrons. The van der Waals surface area contributed by atoms with Crippen molar-refractivity contribution in [2.24, 2.45) is 52.3 Å². The number of nitrogens with zero attached hydrogens (tertiary/aromatic N) is 2. The number of fused-ring (bicyclic) bond motifs is 5. The Bertz CT molecular complexity index is 1450. The average Bonchev–Trinajstić information content (AvgIpc) is 3.42. The van der Waals surface area contributed by atoms with E-state index >= 15 is 0 Å². The van der Waals surface area contributed by atoms with Gasteiger partial charge in [0.05, 0.1) is 25.9 Å². The summed E-state index contributed by atoms with van der Waals surface area (Å²) in [5.74, 6) is -0.917. The first kappa shape index (κ1) is 35.9. The van der Waals surface area contributed by atoms with Crippen LogP contribution in [0.15, 0.2) is 24.3 Å². The fourth-order valence-corrected chi connectivity index (χ4v) is 11.4. The normalized spacial score (nSPS) is 37.5. The number of aliphatic hydroxyl groups is 1. The minimum Gasteiger partial charge on any atom is -0.469 e. The summed E-state index contributed by atoms with van der Waals surface area (Å²) in [5.41, 5.74) is 0.436. The maximum atomic E-state index is 12.7. The zero-order valence-corrected chi connectivity index (χ0v) is 29.4. The Morgan fingerprint density at radius 1 is 0.979 bits per heavy atom. The molecular formula is C39H52N2O7. The molecule has 11 atom stereocenters. The van der Waals surface area contributed by atoms with Gasteiger partial charge in [0.2, 0.25) is 0 Å². The third-order valence-corrected chi connectivity index (χ3v) is 13.8. The van der Waals surface area contributed by atoms with Crippen molar-refractivity contribution in [2.75, 3.05) is 7.11 Å². The predicted molar refractivity (Wildman–Crippen MR) is 176 cm³/mol. The van der Waals surface area contributed by atoms with Crippen LogP contribution in [0.2, 0.25) is 0 Å². The Labute approximate surface area is 285 Å². The molecule has 1 aromatic carbocycles. The van der Waals surface area contributed by atoms with Crippen molar-refractivity contribution in [1.29, 1.82) is 10.5 Å². The number of esters is 3. The molecule has 0 amide bonds. The van der Waals surface area contributed by atoms with Crippen LogP contribution < -0.4 is 0 Å². The van der Waals surface area contributed by atoms with Crippen molar-refractivity contribution >= 4 is 17.9 Å². The molecule has 0 bridgehead atoms. The number of aliphatic hydroxyl groups excluding tert-OH is 1. The number of hydrogen-bond donors (Lipinski definition) is 1. The SMILES string of the molecule is COC(=O)CC[C@@H](C)[C@H]1CC[C@H]2[C@@H]3[C@H](OC(C)=O)C[C@@H]4C[C@@](c5ccc(CO)cc5)(C(C#N)C#N)CC[C@]4(C)[C@H]3C[C@H](OC(C)=O)[C@]12C. The number of methoxy groups -OCH3 is 1. The van der Waals surface area contributed by atoms with Crippen molar-refractivity contribution in [3.05, 3.63) is 35.4 Å². The van der Waals surface area contributed by atoms with Crippen molar-refractivity contribution in [1.82, 2.24) is 0 Å². The summed E-state index contributed by atoms with van der Waals surface area (Å²) in [7, 11) is 1.41. The molecule has 0 unspecified atom stereocenters. The molecule has 0 heterocycles. The topological polar surface area (TPSA) is 147 Å². The van der Waals surface area contributed by atoms with Gasteiger partial charge in [-0.2, -0.15) is 10.5 Å². The first-order valence-electron chi connectivity index (χ1n) is 17.7. The zero-order valence-electron chi connectivity index (χ0n) is 29.4. The molecular weight excluding hydrogens is 608 g/mol. The van der Waals surface area contributed by atoms with Gasteiger partial charge in [-0.05, 0) is 97.5 Å². The third-order valence-electron chi connectivity index (χ3n) is 13.8. The molecule has 9 heteroatoms.